The largest absolute Gasteiger partial charge is 0.508 e. The van der Waals surface area contributed by atoms with Gasteiger partial charge in [-0.15, -0.1) is 6.42 Å². The van der Waals surface area contributed by atoms with Crippen molar-refractivity contribution in [3.05, 3.63) is 29.8 Å². The van der Waals surface area contributed by atoms with Crippen LogP contribution < -0.4 is 5.32 Å². The highest BCUT2D eigenvalue weighted by Gasteiger charge is 2.18. The van der Waals surface area contributed by atoms with Crippen molar-refractivity contribution in [2.24, 2.45) is 0 Å². The van der Waals surface area contributed by atoms with Crippen LogP contribution in [0.1, 0.15) is 11.6 Å². The number of phenolic OH excluding ortho intramolecular Hbond substituents is 1. The first-order chi connectivity index (χ1) is 7.15. The van der Waals surface area contributed by atoms with Gasteiger partial charge in [0.2, 0.25) is 0 Å². The van der Waals surface area contributed by atoms with Gasteiger partial charge in [-0.1, -0.05) is 18.1 Å². The number of nitrogens with one attached hydrogen (secondary N) is 1. The smallest absolute Gasteiger partial charge is 0.325 e. The van der Waals surface area contributed by atoms with E-state index >= 15 is 0 Å². The minimum absolute atomic E-state index is 0.0971. The highest BCUT2D eigenvalue weighted by atomic mass is 16.4. The van der Waals surface area contributed by atoms with Crippen LogP contribution >= 0.6 is 0 Å². The van der Waals surface area contributed by atoms with Crippen LogP contribution in [0.3, 0.4) is 0 Å². The van der Waals surface area contributed by atoms with Gasteiger partial charge in [-0.25, -0.2) is 0 Å². The lowest BCUT2D eigenvalue weighted by Crippen LogP contribution is -2.28. The Bertz CT molecular complexity index is 378. The molecule has 0 amide bonds. The summed E-state index contributed by atoms with van der Waals surface area (Å²) in [6.07, 6.45) is 5.03. The van der Waals surface area contributed by atoms with E-state index in [9.17, 15) is 4.79 Å². The first kappa shape index (κ1) is 11.1. The number of phenols is 1. The van der Waals surface area contributed by atoms with Crippen molar-refractivity contribution < 1.29 is 15.0 Å². The summed E-state index contributed by atoms with van der Waals surface area (Å²) in [6.45, 7) is 0.178. The topological polar surface area (TPSA) is 69.6 Å². The quantitative estimate of drug-likeness (QED) is 0.634. The zero-order valence-electron chi connectivity index (χ0n) is 7.97. The van der Waals surface area contributed by atoms with Gasteiger partial charge in [0.05, 0.1) is 6.54 Å². The normalized spacial score (nSPS) is 11.7. The molecule has 1 atom stereocenters. The van der Waals surface area contributed by atoms with E-state index in [2.05, 4.69) is 11.2 Å². The summed E-state index contributed by atoms with van der Waals surface area (Å²) < 4.78 is 0. The summed E-state index contributed by atoms with van der Waals surface area (Å²) in [5.74, 6) is 1.40. The van der Waals surface area contributed by atoms with Gasteiger partial charge in [0.25, 0.3) is 0 Å². The Morgan fingerprint density at radius 1 is 1.47 bits per heavy atom. The lowest BCUT2D eigenvalue weighted by Gasteiger charge is -2.12. The molecule has 1 rings (SSSR count). The molecular formula is C11H11NO3. The summed E-state index contributed by atoms with van der Waals surface area (Å²) in [4.78, 5) is 10.9. The van der Waals surface area contributed by atoms with Crippen LogP contribution in [0.15, 0.2) is 24.3 Å². The molecule has 15 heavy (non-hydrogen) atoms. The van der Waals surface area contributed by atoms with E-state index in [1.807, 2.05) is 0 Å². The van der Waals surface area contributed by atoms with E-state index in [1.54, 1.807) is 0 Å². The van der Waals surface area contributed by atoms with Crippen molar-refractivity contribution in [2.75, 3.05) is 6.54 Å². The molecule has 0 fully saturated rings. The third kappa shape index (κ3) is 3.01. The van der Waals surface area contributed by atoms with Crippen LogP contribution in [0.5, 0.6) is 5.75 Å². The van der Waals surface area contributed by atoms with Crippen LogP contribution in [0.2, 0.25) is 0 Å². The van der Waals surface area contributed by atoms with Crippen molar-refractivity contribution in [3.8, 4) is 18.1 Å². The molecule has 1 aromatic rings. The number of carbonyl (C=O) groups is 1. The van der Waals surface area contributed by atoms with Crippen LogP contribution in [-0.2, 0) is 4.79 Å². The van der Waals surface area contributed by atoms with E-state index in [-0.39, 0.29) is 12.3 Å². The average Bonchev–Trinajstić information content (AvgIpc) is 2.21. The second kappa shape index (κ2) is 5.03. The molecule has 1 aromatic carbocycles. The summed E-state index contributed by atoms with van der Waals surface area (Å²) in [5, 5.41) is 20.7. The summed E-state index contributed by atoms with van der Waals surface area (Å²) in [7, 11) is 0. The minimum atomic E-state index is -1.00. The molecule has 0 spiro atoms. The molecule has 4 nitrogen and oxygen atoms in total. The van der Waals surface area contributed by atoms with Gasteiger partial charge in [0.15, 0.2) is 0 Å². The lowest BCUT2D eigenvalue weighted by atomic mass is 10.1. The fourth-order valence-electron chi connectivity index (χ4n) is 1.18. The van der Waals surface area contributed by atoms with E-state index in [1.165, 1.54) is 24.3 Å². The second-order valence-corrected chi connectivity index (χ2v) is 2.95. The molecule has 4 heteroatoms. The maximum atomic E-state index is 10.9. The van der Waals surface area contributed by atoms with Gasteiger partial charge in [0.1, 0.15) is 11.8 Å². The van der Waals surface area contributed by atoms with Crippen molar-refractivity contribution >= 4 is 5.97 Å². The maximum absolute atomic E-state index is 10.9. The molecule has 0 saturated carbocycles. The second-order valence-electron chi connectivity index (χ2n) is 2.95. The predicted molar refractivity (Wildman–Crippen MR) is 55.3 cm³/mol. The maximum Gasteiger partial charge on any atom is 0.325 e. The van der Waals surface area contributed by atoms with E-state index in [4.69, 9.17) is 16.6 Å². The number of carboxylic acid groups (broad SMARTS) is 1. The van der Waals surface area contributed by atoms with Crippen molar-refractivity contribution in [1.82, 2.24) is 5.32 Å². The molecule has 0 aliphatic heterocycles. The molecular weight excluding hydrogens is 194 g/mol. The van der Waals surface area contributed by atoms with Crippen LogP contribution in [0.25, 0.3) is 0 Å². The van der Waals surface area contributed by atoms with Crippen LogP contribution in [-0.4, -0.2) is 22.7 Å². The zero-order valence-corrected chi connectivity index (χ0v) is 7.97. The molecule has 0 radical (unpaired) electrons. The standard InChI is InChI=1S/C11H11NO3/c1-2-7-12-10(11(14)15)8-3-5-9(13)6-4-8/h1,3-6,10,12-13H,7H2,(H,14,15). The molecule has 0 aromatic heterocycles. The van der Waals surface area contributed by atoms with Gasteiger partial charge in [0, 0.05) is 0 Å². The SMILES string of the molecule is C#CCNC(C(=O)O)c1ccc(O)cc1. The Hall–Kier alpha value is -1.99. The molecule has 78 valence electrons. The van der Waals surface area contributed by atoms with Gasteiger partial charge >= 0.3 is 5.97 Å². The van der Waals surface area contributed by atoms with E-state index in [0.29, 0.717) is 5.56 Å². The summed E-state index contributed by atoms with van der Waals surface area (Å²) in [6, 6.07) is 5.10. The Labute approximate surface area is 87.6 Å². The number of hydrogen-bond acceptors (Lipinski definition) is 3. The minimum Gasteiger partial charge on any atom is -0.508 e. The third-order valence-corrected chi connectivity index (χ3v) is 1.88. The molecule has 0 aliphatic carbocycles. The number of terminal acetylenes is 1. The van der Waals surface area contributed by atoms with Crippen LogP contribution in [0.4, 0.5) is 0 Å². The Morgan fingerprint density at radius 3 is 2.53 bits per heavy atom. The number of hydrogen-bond donors (Lipinski definition) is 3. The Balaban J connectivity index is 2.85. The fourth-order valence-corrected chi connectivity index (χ4v) is 1.18. The summed E-state index contributed by atoms with van der Waals surface area (Å²) >= 11 is 0. The molecule has 0 aliphatic rings. The average molecular weight is 205 g/mol. The number of aliphatic carboxylic acids is 1. The monoisotopic (exact) mass is 205 g/mol. The number of aromatic hydroxyl groups is 1. The van der Waals surface area contributed by atoms with Gasteiger partial charge in [-0.05, 0) is 17.7 Å². The number of rotatable bonds is 4. The molecule has 0 heterocycles. The third-order valence-electron chi connectivity index (χ3n) is 1.88. The highest BCUT2D eigenvalue weighted by molar-refractivity contribution is 5.75. The van der Waals surface area contributed by atoms with Crippen molar-refractivity contribution in [1.29, 1.82) is 0 Å². The van der Waals surface area contributed by atoms with Crippen molar-refractivity contribution in [2.45, 2.75) is 6.04 Å². The van der Waals surface area contributed by atoms with Gasteiger partial charge in [-0.2, -0.15) is 0 Å². The first-order valence-electron chi connectivity index (χ1n) is 4.33. The fraction of sp³-hybridized carbons (Fsp3) is 0.182. The van der Waals surface area contributed by atoms with Crippen LogP contribution in [0, 0.1) is 12.3 Å². The number of benzene rings is 1. The van der Waals surface area contributed by atoms with E-state index < -0.39 is 12.0 Å². The van der Waals surface area contributed by atoms with E-state index in [0.717, 1.165) is 0 Å². The summed E-state index contributed by atoms with van der Waals surface area (Å²) in [5.41, 5.74) is 0.551. The lowest BCUT2D eigenvalue weighted by molar-refractivity contribution is -0.139. The molecule has 3 N–H and O–H groups in total. The zero-order chi connectivity index (χ0) is 11.3. The van der Waals surface area contributed by atoms with Gasteiger partial charge in [-0.3, -0.25) is 10.1 Å². The first-order valence-corrected chi connectivity index (χ1v) is 4.33. The molecule has 1 unspecified atom stereocenters. The molecule has 0 saturated heterocycles. The Kier molecular flexibility index (Phi) is 3.72. The van der Waals surface area contributed by atoms with Gasteiger partial charge < -0.3 is 10.2 Å². The molecule has 0 bridgehead atoms. The number of carboxylic acids is 1. The Morgan fingerprint density at radius 2 is 2.07 bits per heavy atom. The van der Waals surface area contributed by atoms with Crippen molar-refractivity contribution in [3.63, 3.8) is 0 Å². The highest BCUT2D eigenvalue weighted by Crippen LogP contribution is 2.16. The predicted octanol–water partition coefficient (Wildman–Crippen LogP) is 0.741.